The molecule has 0 saturated carbocycles. The summed E-state index contributed by atoms with van der Waals surface area (Å²) in [6, 6.07) is 10.8. The van der Waals surface area contributed by atoms with E-state index in [-0.39, 0.29) is 25.7 Å². The van der Waals surface area contributed by atoms with Crippen molar-refractivity contribution in [2.75, 3.05) is 13.4 Å². The molecule has 2 aromatic rings. The highest BCUT2D eigenvalue weighted by atomic mass is 79.9. The molecule has 0 aromatic heterocycles. The van der Waals surface area contributed by atoms with Crippen molar-refractivity contribution >= 4 is 28.1 Å². The Hall–Kier alpha value is -2.98. The minimum atomic E-state index is -0.249. The van der Waals surface area contributed by atoms with Crippen molar-refractivity contribution in [1.82, 2.24) is 5.43 Å². The molecule has 0 aliphatic carbocycles. The molecule has 0 fully saturated rings. The molecule has 0 bridgehead atoms. The highest BCUT2D eigenvalue weighted by Gasteiger charge is 2.14. The molecule has 0 radical (unpaired) electrons. The molecule has 132 valence electrons. The van der Waals surface area contributed by atoms with Gasteiger partial charge < -0.3 is 14.2 Å². The van der Waals surface area contributed by atoms with Gasteiger partial charge in [0.05, 0.1) is 12.6 Å². The summed E-state index contributed by atoms with van der Waals surface area (Å²) in [7, 11) is 0. The molecule has 3 rings (SSSR count). The Bertz CT molecular complexity index is 890. The number of rotatable bonds is 6. The van der Waals surface area contributed by atoms with Crippen LogP contribution in [0.15, 0.2) is 46.0 Å². The van der Waals surface area contributed by atoms with Crippen molar-refractivity contribution in [3.8, 4) is 29.6 Å². The van der Waals surface area contributed by atoms with Gasteiger partial charge in [0, 0.05) is 10.0 Å². The first-order valence-electron chi connectivity index (χ1n) is 7.72. The molecule has 1 aliphatic rings. The third-order valence-corrected chi connectivity index (χ3v) is 3.97. The number of hydrazone groups is 1. The van der Waals surface area contributed by atoms with Crippen LogP contribution in [0.4, 0.5) is 0 Å². The number of fused-ring (bicyclic) bond motifs is 1. The molecule has 0 atom stereocenters. The number of ether oxygens (including phenoxy) is 3. The molecule has 1 heterocycles. The van der Waals surface area contributed by atoms with Crippen LogP contribution in [0, 0.1) is 12.3 Å². The second-order valence-electron chi connectivity index (χ2n) is 5.33. The zero-order chi connectivity index (χ0) is 18.4. The maximum absolute atomic E-state index is 12.1. The van der Waals surface area contributed by atoms with Crippen molar-refractivity contribution in [2.45, 2.75) is 6.42 Å². The number of benzene rings is 2. The zero-order valence-electron chi connectivity index (χ0n) is 13.7. The molecule has 26 heavy (non-hydrogen) atoms. The number of carbonyl (C=O) groups is 1. The lowest BCUT2D eigenvalue weighted by Crippen LogP contribution is -2.19. The van der Waals surface area contributed by atoms with Crippen molar-refractivity contribution < 1.29 is 19.0 Å². The molecular formula is C19H15BrN2O4. The Morgan fingerprint density at radius 2 is 2.15 bits per heavy atom. The lowest BCUT2D eigenvalue weighted by Gasteiger charge is -2.07. The highest BCUT2D eigenvalue weighted by Crippen LogP contribution is 2.32. The summed E-state index contributed by atoms with van der Waals surface area (Å²) in [6.45, 7) is 0.352. The second-order valence-corrected chi connectivity index (χ2v) is 6.25. The first-order chi connectivity index (χ1) is 12.7. The van der Waals surface area contributed by atoms with Crippen LogP contribution < -0.4 is 19.6 Å². The predicted octanol–water partition coefficient (Wildman–Crippen LogP) is 2.88. The van der Waals surface area contributed by atoms with Crippen molar-refractivity contribution in [3.63, 3.8) is 0 Å². The summed E-state index contributed by atoms with van der Waals surface area (Å²) in [5.41, 5.74) is 4.00. The topological polar surface area (TPSA) is 69.2 Å². The van der Waals surface area contributed by atoms with Crippen molar-refractivity contribution in [2.24, 2.45) is 5.10 Å². The van der Waals surface area contributed by atoms with E-state index in [0.717, 1.165) is 10.0 Å². The van der Waals surface area contributed by atoms with Crippen LogP contribution in [0.3, 0.4) is 0 Å². The maximum atomic E-state index is 12.1. The third-order valence-electron chi connectivity index (χ3n) is 3.48. The van der Waals surface area contributed by atoms with Gasteiger partial charge in [0.15, 0.2) is 11.5 Å². The van der Waals surface area contributed by atoms with Crippen LogP contribution in [0.5, 0.6) is 17.2 Å². The Morgan fingerprint density at radius 1 is 1.31 bits per heavy atom. The van der Waals surface area contributed by atoms with Gasteiger partial charge in [-0.05, 0) is 35.9 Å². The molecule has 1 amide bonds. The van der Waals surface area contributed by atoms with E-state index in [1.54, 1.807) is 18.2 Å². The summed E-state index contributed by atoms with van der Waals surface area (Å²) in [5.74, 6) is 4.07. The number of hydrogen-bond donors (Lipinski definition) is 1. The molecule has 2 aromatic carbocycles. The quantitative estimate of drug-likeness (QED) is 0.448. The number of hydrogen-bond acceptors (Lipinski definition) is 5. The fourth-order valence-corrected chi connectivity index (χ4v) is 2.70. The van der Waals surface area contributed by atoms with Gasteiger partial charge in [-0.2, -0.15) is 5.10 Å². The Morgan fingerprint density at radius 3 is 3.00 bits per heavy atom. The number of nitrogens with zero attached hydrogens (tertiary/aromatic N) is 1. The van der Waals surface area contributed by atoms with E-state index in [1.165, 1.54) is 6.21 Å². The standard InChI is InChI=1S/C19H15BrN2O4/c1-2-7-24-16-6-4-15(20)10-14(16)11-21-22-19(23)9-13-3-5-17-18(8-13)26-12-25-17/h1,3-6,8,10-11H,7,9,12H2,(H,22,23)/b21-11+. The minimum absolute atomic E-state index is 0.152. The van der Waals surface area contributed by atoms with E-state index < -0.39 is 0 Å². The molecule has 1 aliphatic heterocycles. The van der Waals surface area contributed by atoms with Crippen LogP contribution in [0.25, 0.3) is 0 Å². The first-order valence-corrected chi connectivity index (χ1v) is 8.51. The zero-order valence-corrected chi connectivity index (χ0v) is 15.3. The molecule has 6 nitrogen and oxygen atoms in total. The van der Waals surface area contributed by atoms with Crippen LogP contribution >= 0.6 is 15.9 Å². The van der Waals surface area contributed by atoms with E-state index in [1.807, 2.05) is 18.2 Å². The van der Waals surface area contributed by atoms with Crippen molar-refractivity contribution in [3.05, 3.63) is 52.0 Å². The largest absolute Gasteiger partial charge is 0.480 e. The fourth-order valence-electron chi connectivity index (χ4n) is 2.32. The highest BCUT2D eigenvalue weighted by molar-refractivity contribution is 9.10. The lowest BCUT2D eigenvalue weighted by molar-refractivity contribution is -0.120. The minimum Gasteiger partial charge on any atom is -0.480 e. The molecule has 7 heteroatoms. The normalized spacial score (nSPS) is 12.0. The summed E-state index contributed by atoms with van der Waals surface area (Å²) in [5, 5.41) is 3.99. The fraction of sp³-hybridized carbons (Fsp3) is 0.158. The average molecular weight is 415 g/mol. The number of halogens is 1. The Kier molecular flexibility index (Phi) is 5.77. The molecule has 0 unspecified atom stereocenters. The van der Waals surface area contributed by atoms with Gasteiger partial charge in [-0.25, -0.2) is 5.43 Å². The van der Waals surface area contributed by atoms with Gasteiger partial charge in [-0.3, -0.25) is 4.79 Å². The van der Waals surface area contributed by atoms with Crippen LogP contribution in [0.1, 0.15) is 11.1 Å². The summed E-state index contributed by atoms with van der Waals surface area (Å²) >= 11 is 3.39. The van der Waals surface area contributed by atoms with Crippen LogP contribution in [-0.2, 0) is 11.2 Å². The SMILES string of the molecule is C#CCOc1ccc(Br)cc1/C=N/NC(=O)Cc1ccc2c(c1)OCO2. The van der Waals surface area contributed by atoms with E-state index >= 15 is 0 Å². The number of carbonyl (C=O) groups excluding carboxylic acids is 1. The number of amides is 1. The van der Waals surface area contributed by atoms with Crippen LogP contribution in [-0.4, -0.2) is 25.5 Å². The van der Waals surface area contributed by atoms with E-state index in [9.17, 15) is 4.79 Å². The second kappa shape index (κ2) is 8.41. The summed E-state index contributed by atoms with van der Waals surface area (Å²) in [6.07, 6.45) is 6.89. The summed E-state index contributed by atoms with van der Waals surface area (Å²) in [4.78, 5) is 12.1. The summed E-state index contributed by atoms with van der Waals surface area (Å²) < 4.78 is 16.9. The number of nitrogens with one attached hydrogen (secondary N) is 1. The molecule has 1 N–H and O–H groups in total. The molecule has 0 spiro atoms. The Labute approximate surface area is 159 Å². The monoisotopic (exact) mass is 414 g/mol. The van der Waals surface area contributed by atoms with E-state index in [4.69, 9.17) is 20.6 Å². The number of terminal acetylenes is 1. The lowest BCUT2D eigenvalue weighted by atomic mass is 10.1. The smallest absolute Gasteiger partial charge is 0.244 e. The molecule has 0 saturated heterocycles. The first kappa shape index (κ1) is 17.8. The van der Waals surface area contributed by atoms with Gasteiger partial charge in [-0.15, -0.1) is 6.42 Å². The van der Waals surface area contributed by atoms with Gasteiger partial charge in [0.25, 0.3) is 0 Å². The van der Waals surface area contributed by atoms with Crippen molar-refractivity contribution in [1.29, 1.82) is 0 Å². The van der Waals surface area contributed by atoms with E-state index in [2.05, 4.69) is 32.4 Å². The van der Waals surface area contributed by atoms with E-state index in [0.29, 0.717) is 22.8 Å². The van der Waals surface area contributed by atoms with Gasteiger partial charge in [0.1, 0.15) is 12.4 Å². The van der Waals surface area contributed by atoms with Crippen LogP contribution in [0.2, 0.25) is 0 Å². The third kappa shape index (κ3) is 4.55. The van der Waals surface area contributed by atoms with Gasteiger partial charge in [0.2, 0.25) is 12.7 Å². The maximum Gasteiger partial charge on any atom is 0.244 e. The predicted molar refractivity (Wildman–Crippen MR) is 100 cm³/mol. The average Bonchev–Trinajstić information content (AvgIpc) is 3.09. The molecular weight excluding hydrogens is 400 g/mol. The Balaban J connectivity index is 1.60. The van der Waals surface area contributed by atoms with Gasteiger partial charge >= 0.3 is 0 Å². The van der Waals surface area contributed by atoms with Gasteiger partial charge in [-0.1, -0.05) is 27.9 Å².